The van der Waals surface area contributed by atoms with Gasteiger partial charge in [0.2, 0.25) is 21.8 Å². The van der Waals surface area contributed by atoms with Crippen LogP contribution in [0, 0.1) is 0 Å². The molecule has 24 heavy (non-hydrogen) atoms. The van der Waals surface area contributed by atoms with Gasteiger partial charge in [-0.15, -0.1) is 0 Å². The fraction of sp³-hybridized carbons (Fsp3) is 0.125. The van der Waals surface area contributed by atoms with Crippen LogP contribution in [0.5, 0.6) is 0 Å². The molecule has 0 unspecified atom stereocenters. The van der Waals surface area contributed by atoms with Crippen LogP contribution < -0.4 is 11.1 Å². The Hall–Kier alpha value is -2.71. The maximum absolute atomic E-state index is 12.3. The second kappa shape index (κ2) is 7.24. The highest BCUT2D eigenvalue weighted by molar-refractivity contribution is 7.89. The largest absolute Gasteiger partial charge is 0.366 e. The van der Waals surface area contributed by atoms with E-state index in [1.807, 2.05) is 0 Å². The SMILES string of the molecule is CN(CC(=O)Nc1ccc(C(N)=O)cc1)S(=O)(=O)c1ccccc1. The zero-order valence-corrected chi connectivity index (χ0v) is 13.8. The number of sulfonamides is 1. The van der Waals surface area contributed by atoms with E-state index < -0.39 is 21.8 Å². The van der Waals surface area contributed by atoms with Crippen LogP contribution in [0.25, 0.3) is 0 Å². The summed E-state index contributed by atoms with van der Waals surface area (Å²) < 4.78 is 25.6. The third-order valence-electron chi connectivity index (χ3n) is 3.27. The number of hydrogen-bond acceptors (Lipinski definition) is 4. The lowest BCUT2D eigenvalue weighted by molar-refractivity contribution is -0.116. The van der Waals surface area contributed by atoms with E-state index in [2.05, 4.69) is 5.32 Å². The molecular formula is C16H17N3O4S. The van der Waals surface area contributed by atoms with Crippen molar-refractivity contribution < 1.29 is 18.0 Å². The van der Waals surface area contributed by atoms with E-state index in [-0.39, 0.29) is 11.4 Å². The monoisotopic (exact) mass is 347 g/mol. The first kappa shape index (κ1) is 17.6. The maximum atomic E-state index is 12.3. The van der Waals surface area contributed by atoms with Gasteiger partial charge in [0.25, 0.3) is 0 Å². The van der Waals surface area contributed by atoms with Crippen LogP contribution in [0.3, 0.4) is 0 Å². The number of benzene rings is 2. The number of nitrogens with two attached hydrogens (primary N) is 1. The molecule has 2 amide bonds. The zero-order valence-electron chi connectivity index (χ0n) is 13.0. The van der Waals surface area contributed by atoms with Crippen molar-refractivity contribution in [3.63, 3.8) is 0 Å². The van der Waals surface area contributed by atoms with E-state index >= 15 is 0 Å². The van der Waals surface area contributed by atoms with Crippen LogP contribution in [-0.2, 0) is 14.8 Å². The van der Waals surface area contributed by atoms with Crippen molar-refractivity contribution in [3.05, 3.63) is 60.2 Å². The smallest absolute Gasteiger partial charge is 0.248 e. The summed E-state index contributed by atoms with van der Waals surface area (Å²) in [4.78, 5) is 23.1. The second-order valence-corrected chi connectivity index (χ2v) is 7.11. The van der Waals surface area contributed by atoms with Crippen molar-refractivity contribution in [3.8, 4) is 0 Å². The Morgan fingerprint density at radius 1 is 1.04 bits per heavy atom. The minimum atomic E-state index is -3.73. The van der Waals surface area contributed by atoms with E-state index in [0.717, 1.165) is 4.31 Å². The lowest BCUT2D eigenvalue weighted by Gasteiger charge is -2.16. The molecule has 0 aliphatic rings. The quantitative estimate of drug-likeness (QED) is 0.813. The summed E-state index contributed by atoms with van der Waals surface area (Å²) >= 11 is 0. The van der Waals surface area contributed by atoms with Gasteiger partial charge in [0, 0.05) is 18.3 Å². The Bertz CT molecular complexity index is 833. The summed E-state index contributed by atoms with van der Waals surface area (Å²) in [6.45, 7) is -0.338. The summed E-state index contributed by atoms with van der Waals surface area (Å²) in [5.74, 6) is -1.06. The van der Waals surface area contributed by atoms with Crippen LogP contribution in [-0.4, -0.2) is 38.1 Å². The number of nitrogens with one attached hydrogen (secondary N) is 1. The Morgan fingerprint density at radius 2 is 1.62 bits per heavy atom. The molecule has 0 radical (unpaired) electrons. The average molecular weight is 347 g/mol. The minimum Gasteiger partial charge on any atom is -0.366 e. The molecule has 0 aliphatic carbocycles. The normalized spacial score (nSPS) is 11.2. The lowest BCUT2D eigenvalue weighted by Crippen LogP contribution is -2.34. The molecule has 2 aromatic rings. The van der Waals surface area contributed by atoms with Crippen LogP contribution >= 0.6 is 0 Å². The van der Waals surface area contributed by atoms with E-state index in [0.29, 0.717) is 11.3 Å². The van der Waals surface area contributed by atoms with Gasteiger partial charge in [0.05, 0.1) is 11.4 Å². The summed E-state index contributed by atoms with van der Waals surface area (Å²) in [7, 11) is -2.40. The first-order chi connectivity index (χ1) is 11.3. The summed E-state index contributed by atoms with van der Waals surface area (Å²) in [5.41, 5.74) is 5.89. The Labute approximate surface area is 140 Å². The van der Waals surface area contributed by atoms with Crippen LogP contribution in [0.4, 0.5) is 5.69 Å². The molecule has 0 bridgehead atoms. The van der Waals surface area contributed by atoms with E-state index in [9.17, 15) is 18.0 Å². The van der Waals surface area contributed by atoms with Gasteiger partial charge < -0.3 is 11.1 Å². The molecule has 3 N–H and O–H groups in total. The van der Waals surface area contributed by atoms with Crippen LogP contribution in [0.1, 0.15) is 10.4 Å². The molecule has 126 valence electrons. The second-order valence-electron chi connectivity index (χ2n) is 5.06. The average Bonchev–Trinajstić information content (AvgIpc) is 2.56. The van der Waals surface area contributed by atoms with Crippen molar-refractivity contribution in [1.82, 2.24) is 4.31 Å². The van der Waals surface area contributed by atoms with Crippen molar-refractivity contribution in [1.29, 1.82) is 0 Å². The van der Waals surface area contributed by atoms with Gasteiger partial charge in [-0.05, 0) is 36.4 Å². The van der Waals surface area contributed by atoms with Crippen molar-refractivity contribution in [2.45, 2.75) is 4.90 Å². The number of carbonyl (C=O) groups excluding carboxylic acids is 2. The number of nitrogens with zero attached hydrogens (tertiary/aromatic N) is 1. The van der Waals surface area contributed by atoms with Gasteiger partial charge >= 0.3 is 0 Å². The standard InChI is InChI=1S/C16H17N3O4S/c1-19(24(22,23)14-5-3-2-4-6-14)11-15(20)18-13-9-7-12(8-10-13)16(17)21/h2-10H,11H2,1H3,(H2,17,21)(H,18,20). The Balaban J connectivity index is 2.02. The molecule has 0 aromatic heterocycles. The van der Waals surface area contributed by atoms with Gasteiger partial charge in [-0.1, -0.05) is 18.2 Å². The zero-order chi connectivity index (χ0) is 17.7. The highest BCUT2D eigenvalue weighted by Gasteiger charge is 2.22. The fourth-order valence-corrected chi connectivity index (χ4v) is 3.13. The molecule has 7 nitrogen and oxygen atoms in total. The number of primary amides is 1. The predicted octanol–water partition coefficient (Wildman–Crippen LogP) is 1.04. The van der Waals surface area contributed by atoms with E-state index in [1.165, 1.54) is 43.4 Å². The molecule has 2 aromatic carbocycles. The molecular weight excluding hydrogens is 330 g/mol. The number of likely N-dealkylation sites (N-methyl/N-ethyl adjacent to an activating group) is 1. The number of rotatable bonds is 6. The number of amides is 2. The molecule has 0 heterocycles. The molecule has 8 heteroatoms. The Kier molecular flexibility index (Phi) is 5.32. The minimum absolute atomic E-state index is 0.117. The number of anilines is 1. The third-order valence-corrected chi connectivity index (χ3v) is 5.09. The lowest BCUT2D eigenvalue weighted by atomic mass is 10.2. The van der Waals surface area contributed by atoms with E-state index in [1.54, 1.807) is 18.2 Å². The molecule has 0 spiro atoms. The summed E-state index contributed by atoms with van der Waals surface area (Å²) in [6.07, 6.45) is 0. The predicted molar refractivity (Wildman–Crippen MR) is 89.8 cm³/mol. The molecule has 0 saturated heterocycles. The van der Waals surface area contributed by atoms with Crippen molar-refractivity contribution >= 4 is 27.5 Å². The van der Waals surface area contributed by atoms with Crippen molar-refractivity contribution in [2.75, 3.05) is 18.9 Å². The van der Waals surface area contributed by atoms with Crippen LogP contribution in [0.15, 0.2) is 59.5 Å². The highest BCUT2D eigenvalue weighted by Crippen LogP contribution is 2.14. The highest BCUT2D eigenvalue weighted by atomic mass is 32.2. The first-order valence-corrected chi connectivity index (χ1v) is 8.46. The van der Waals surface area contributed by atoms with Crippen LogP contribution in [0.2, 0.25) is 0 Å². The number of hydrogen-bond donors (Lipinski definition) is 2. The first-order valence-electron chi connectivity index (χ1n) is 7.02. The van der Waals surface area contributed by atoms with Gasteiger partial charge in [0.15, 0.2) is 0 Å². The fourth-order valence-electron chi connectivity index (χ4n) is 1.98. The number of carbonyl (C=O) groups is 2. The molecule has 0 atom stereocenters. The summed E-state index contributed by atoms with van der Waals surface area (Å²) in [5, 5.41) is 2.57. The maximum Gasteiger partial charge on any atom is 0.248 e. The molecule has 0 fully saturated rings. The van der Waals surface area contributed by atoms with Gasteiger partial charge in [-0.25, -0.2) is 8.42 Å². The topological polar surface area (TPSA) is 110 Å². The van der Waals surface area contributed by atoms with Crippen molar-refractivity contribution in [2.24, 2.45) is 5.73 Å². The van der Waals surface area contributed by atoms with Gasteiger partial charge in [-0.3, -0.25) is 9.59 Å². The van der Waals surface area contributed by atoms with E-state index in [4.69, 9.17) is 5.73 Å². The van der Waals surface area contributed by atoms with Gasteiger partial charge in [-0.2, -0.15) is 4.31 Å². The molecule has 2 rings (SSSR count). The Morgan fingerprint density at radius 3 is 2.17 bits per heavy atom. The third kappa shape index (κ3) is 4.18. The molecule has 0 aliphatic heterocycles. The summed E-state index contributed by atoms with van der Waals surface area (Å²) in [6, 6.07) is 13.8. The molecule has 0 saturated carbocycles. The van der Waals surface area contributed by atoms with Gasteiger partial charge in [0.1, 0.15) is 0 Å².